The summed E-state index contributed by atoms with van der Waals surface area (Å²) in [6.07, 6.45) is 9.88. The molecule has 1 heteroatoms. The third-order valence-corrected chi connectivity index (χ3v) is 4.23. The number of hydrogen-bond acceptors (Lipinski definition) is 1. The standard InChI is InChI=1S/C13H22O/c1-2-3-10-4-5-12-9-13(14)7-6-11(12)8-10/h10-12H,2-9H2,1H3/t10?,11-,12+/m0/s1. The van der Waals surface area contributed by atoms with E-state index < -0.39 is 0 Å². The summed E-state index contributed by atoms with van der Waals surface area (Å²) in [5.41, 5.74) is 0. The Bertz CT molecular complexity index is 209. The fraction of sp³-hybridized carbons (Fsp3) is 0.923. The van der Waals surface area contributed by atoms with Gasteiger partial charge in [-0.1, -0.05) is 26.2 Å². The van der Waals surface area contributed by atoms with Gasteiger partial charge in [-0.15, -0.1) is 0 Å². The predicted molar refractivity (Wildman–Crippen MR) is 58.1 cm³/mol. The van der Waals surface area contributed by atoms with Crippen molar-refractivity contribution in [1.29, 1.82) is 0 Å². The van der Waals surface area contributed by atoms with Gasteiger partial charge in [0.25, 0.3) is 0 Å². The molecule has 0 aromatic carbocycles. The first kappa shape index (κ1) is 10.2. The maximum absolute atomic E-state index is 11.3. The lowest BCUT2D eigenvalue weighted by molar-refractivity contribution is -0.123. The summed E-state index contributed by atoms with van der Waals surface area (Å²) in [5, 5.41) is 0. The van der Waals surface area contributed by atoms with Gasteiger partial charge in [0.05, 0.1) is 0 Å². The largest absolute Gasteiger partial charge is 0.300 e. The molecule has 1 unspecified atom stereocenters. The molecule has 0 aliphatic heterocycles. The molecule has 0 amide bonds. The second-order valence-corrected chi connectivity index (χ2v) is 5.27. The van der Waals surface area contributed by atoms with Gasteiger partial charge in [0.2, 0.25) is 0 Å². The number of carbonyl (C=O) groups is 1. The van der Waals surface area contributed by atoms with Gasteiger partial charge in [0, 0.05) is 12.8 Å². The summed E-state index contributed by atoms with van der Waals surface area (Å²) in [7, 11) is 0. The molecule has 80 valence electrons. The lowest BCUT2D eigenvalue weighted by atomic mass is 9.66. The number of fused-ring (bicyclic) bond motifs is 1. The molecule has 0 aromatic heterocycles. The van der Waals surface area contributed by atoms with Crippen LogP contribution in [0, 0.1) is 17.8 Å². The summed E-state index contributed by atoms with van der Waals surface area (Å²) < 4.78 is 0. The van der Waals surface area contributed by atoms with E-state index in [0.717, 1.165) is 30.6 Å². The van der Waals surface area contributed by atoms with Crippen LogP contribution in [0.5, 0.6) is 0 Å². The molecular formula is C13H22O. The van der Waals surface area contributed by atoms with Crippen molar-refractivity contribution in [2.75, 3.05) is 0 Å². The zero-order valence-electron chi connectivity index (χ0n) is 9.30. The highest BCUT2D eigenvalue weighted by molar-refractivity contribution is 5.79. The summed E-state index contributed by atoms with van der Waals surface area (Å²) in [5.74, 6) is 3.18. The van der Waals surface area contributed by atoms with Crippen LogP contribution in [0.4, 0.5) is 0 Å². The van der Waals surface area contributed by atoms with Gasteiger partial charge in [-0.3, -0.25) is 4.79 Å². The van der Waals surface area contributed by atoms with E-state index in [1.807, 2.05) is 0 Å². The quantitative estimate of drug-likeness (QED) is 0.656. The number of Topliss-reactive ketones (excluding diaryl/α,β-unsaturated/α-hetero) is 1. The van der Waals surface area contributed by atoms with E-state index in [9.17, 15) is 4.79 Å². The molecule has 0 N–H and O–H groups in total. The Balaban J connectivity index is 1.88. The second kappa shape index (κ2) is 4.46. The first-order valence-corrected chi connectivity index (χ1v) is 6.31. The minimum absolute atomic E-state index is 0.528. The summed E-state index contributed by atoms with van der Waals surface area (Å²) in [6.45, 7) is 2.29. The maximum atomic E-state index is 11.3. The highest BCUT2D eigenvalue weighted by atomic mass is 16.1. The van der Waals surface area contributed by atoms with Gasteiger partial charge >= 0.3 is 0 Å². The Morgan fingerprint density at radius 2 is 2.07 bits per heavy atom. The van der Waals surface area contributed by atoms with Gasteiger partial charge in [0.15, 0.2) is 0 Å². The van der Waals surface area contributed by atoms with Crippen molar-refractivity contribution in [3.8, 4) is 0 Å². The number of hydrogen-bond donors (Lipinski definition) is 0. The molecule has 0 spiro atoms. The van der Waals surface area contributed by atoms with E-state index in [1.165, 1.54) is 38.5 Å². The van der Waals surface area contributed by atoms with E-state index in [1.54, 1.807) is 0 Å². The number of ketones is 1. The minimum atomic E-state index is 0.528. The Kier molecular flexibility index (Phi) is 3.25. The molecule has 0 bridgehead atoms. The van der Waals surface area contributed by atoms with Gasteiger partial charge in [-0.25, -0.2) is 0 Å². The maximum Gasteiger partial charge on any atom is 0.133 e. The van der Waals surface area contributed by atoms with E-state index in [2.05, 4.69) is 6.92 Å². The minimum Gasteiger partial charge on any atom is -0.300 e. The van der Waals surface area contributed by atoms with Crippen molar-refractivity contribution in [3.05, 3.63) is 0 Å². The van der Waals surface area contributed by atoms with Crippen molar-refractivity contribution >= 4 is 5.78 Å². The van der Waals surface area contributed by atoms with Crippen molar-refractivity contribution in [1.82, 2.24) is 0 Å². The molecule has 0 saturated heterocycles. The van der Waals surface area contributed by atoms with Gasteiger partial charge < -0.3 is 0 Å². The van der Waals surface area contributed by atoms with E-state index in [-0.39, 0.29) is 0 Å². The van der Waals surface area contributed by atoms with Crippen LogP contribution in [0.1, 0.15) is 58.3 Å². The molecule has 2 aliphatic rings. The fourth-order valence-electron chi connectivity index (χ4n) is 3.46. The summed E-state index contributed by atoms with van der Waals surface area (Å²) in [6, 6.07) is 0. The molecule has 2 rings (SSSR count). The van der Waals surface area contributed by atoms with Crippen LogP contribution in [0.2, 0.25) is 0 Å². The van der Waals surface area contributed by atoms with Crippen molar-refractivity contribution in [2.24, 2.45) is 17.8 Å². The molecule has 3 atom stereocenters. The Hall–Kier alpha value is -0.330. The first-order valence-electron chi connectivity index (χ1n) is 6.31. The van der Waals surface area contributed by atoms with Gasteiger partial charge in [-0.2, -0.15) is 0 Å². The second-order valence-electron chi connectivity index (χ2n) is 5.27. The molecule has 0 aromatic rings. The van der Waals surface area contributed by atoms with Crippen molar-refractivity contribution in [3.63, 3.8) is 0 Å². The van der Waals surface area contributed by atoms with Crippen LogP contribution in [0.15, 0.2) is 0 Å². The average molecular weight is 194 g/mol. The lowest BCUT2D eigenvalue weighted by Crippen LogP contribution is -2.31. The smallest absolute Gasteiger partial charge is 0.133 e. The third kappa shape index (κ3) is 2.18. The zero-order chi connectivity index (χ0) is 9.97. The van der Waals surface area contributed by atoms with Crippen LogP contribution in [-0.2, 0) is 4.79 Å². The van der Waals surface area contributed by atoms with Crippen LogP contribution < -0.4 is 0 Å². The zero-order valence-corrected chi connectivity index (χ0v) is 9.30. The summed E-state index contributed by atoms with van der Waals surface area (Å²) >= 11 is 0. The molecule has 1 nitrogen and oxygen atoms in total. The van der Waals surface area contributed by atoms with Crippen molar-refractivity contribution < 1.29 is 4.79 Å². The molecule has 0 radical (unpaired) electrons. The SMILES string of the molecule is CCCC1CC[C@@H]2CC(=O)CC[C@H]2C1. The van der Waals surface area contributed by atoms with Gasteiger partial charge in [0.1, 0.15) is 5.78 Å². The topological polar surface area (TPSA) is 17.1 Å². The van der Waals surface area contributed by atoms with Crippen LogP contribution in [0.25, 0.3) is 0 Å². The van der Waals surface area contributed by atoms with Crippen LogP contribution >= 0.6 is 0 Å². The first-order chi connectivity index (χ1) is 6.79. The number of carbonyl (C=O) groups excluding carboxylic acids is 1. The van der Waals surface area contributed by atoms with E-state index in [4.69, 9.17) is 0 Å². The van der Waals surface area contributed by atoms with Crippen LogP contribution in [0.3, 0.4) is 0 Å². The molecular weight excluding hydrogens is 172 g/mol. The monoisotopic (exact) mass is 194 g/mol. The third-order valence-electron chi connectivity index (χ3n) is 4.23. The van der Waals surface area contributed by atoms with E-state index >= 15 is 0 Å². The lowest BCUT2D eigenvalue weighted by Gasteiger charge is -2.38. The molecule has 0 heterocycles. The normalized spacial score (nSPS) is 38.1. The van der Waals surface area contributed by atoms with Gasteiger partial charge in [-0.05, 0) is 37.0 Å². The molecule has 2 saturated carbocycles. The molecule has 2 aliphatic carbocycles. The van der Waals surface area contributed by atoms with Crippen molar-refractivity contribution in [2.45, 2.75) is 58.3 Å². The fourth-order valence-corrected chi connectivity index (χ4v) is 3.46. The summed E-state index contributed by atoms with van der Waals surface area (Å²) in [4.78, 5) is 11.3. The average Bonchev–Trinajstić information content (AvgIpc) is 2.19. The molecule has 2 fully saturated rings. The predicted octanol–water partition coefficient (Wildman–Crippen LogP) is 3.57. The molecule has 14 heavy (non-hydrogen) atoms. The number of rotatable bonds is 2. The Morgan fingerprint density at radius 3 is 2.86 bits per heavy atom. The highest BCUT2D eigenvalue weighted by Crippen LogP contribution is 2.42. The highest BCUT2D eigenvalue weighted by Gasteiger charge is 2.34. The Morgan fingerprint density at radius 1 is 1.21 bits per heavy atom. The van der Waals surface area contributed by atoms with E-state index in [0.29, 0.717) is 5.78 Å². The van der Waals surface area contributed by atoms with Crippen LogP contribution in [-0.4, -0.2) is 5.78 Å². The Labute approximate surface area is 87.3 Å².